The van der Waals surface area contributed by atoms with Crippen LogP contribution in [0.5, 0.6) is 5.75 Å². The molecule has 0 unspecified atom stereocenters. The zero-order chi connectivity index (χ0) is 28.1. The quantitative estimate of drug-likeness (QED) is 0.516. The van der Waals surface area contributed by atoms with Crippen molar-refractivity contribution in [3.8, 4) is 34.1 Å². The van der Waals surface area contributed by atoms with Gasteiger partial charge in [0.05, 0.1) is 11.6 Å². The van der Waals surface area contributed by atoms with Crippen LogP contribution < -0.4 is 0 Å². The standard InChI is InChI=1S/C33H39N5O2/c1-35-13-3-15-37(19-17-35)24-25-5-11-30(28(21-25)23-34)31-12-8-27(22-32(31)26-6-9-29(39)10-7-26)33(40)38-16-4-14-36(2)18-20-38/h5-12,21-22,39H,3-4,13-20,24H2,1-2H3. The summed E-state index contributed by atoms with van der Waals surface area (Å²) in [5.74, 6) is 0.216. The molecule has 40 heavy (non-hydrogen) atoms. The van der Waals surface area contributed by atoms with Gasteiger partial charge >= 0.3 is 0 Å². The summed E-state index contributed by atoms with van der Waals surface area (Å²) in [7, 11) is 4.26. The van der Waals surface area contributed by atoms with Crippen molar-refractivity contribution in [2.75, 3.05) is 66.5 Å². The monoisotopic (exact) mass is 537 g/mol. The highest BCUT2D eigenvalue weighted by Gasteiger charge is 2.22. The number of nitriles is 1. The first-order valence-corrected chi connectivity index (χ1v) is 14.3. The van der Waals surface area contributed by atoms with Crippen LogP contribution in [0.15, 0.2) is 60.7 Å². The minimum absolute atomic E-state index is 0.0285. The highest BCUT2D eigenvalue weighted by molar-refractivity contribution is 5.98. The summed E-state index contributed by atoms with van der Waals surface area (Å²) in [6.07, 6.45) is 2.10. The number of hydrogen-bond acceptors (Lipinski definition) is 6. The first-order chi connectivity index (χ1) is 19.4. The Morgan fingerprint density at radius 1 is 0.775 bits per heavy atom. The normalized spacial score (nSPS) is 17.7. The lowest BCUT2D eigenvalue weighted by molar-refractivity contribution is 0.0763. The van der Waals surface area contributed by atoms with Crippen LogP contribution in [0.2, 0.25) is 0 Å². The van der Waals surface area contributed by atoms with E-state index in [9.17, 15) is 15.2 Å². The van der Waals surface area contributed by atoms with Crippen LogP contribution in [0.25, 0.3) is 22.3 Å². The van der Waals surface area contributed by atoms with Crippen LogP contribution in [-0.4, -0.2) is 97.1 Å². The van der Waals surface area contributed by atoms with E-state index >= 15 is 0 Å². The fourth-order valence-electron chi connectivity index (χ4n) is 5.76. The molecule has 0 spiro atoms. The predicted molar refractivity (Wildman–Crippen MR) is 159 cm³/mol. The topological polar surface area (TPSA) is 74.1 Å². The highest BCUT2D eigenvalue weighted by Crippen LogP contribution is 2.36. The van der Waals surface area contributed by atoms with Crippen molar-refractivity contribution in [2.24, 2.45) is 0 Å². The molecule has 1 amide bonds. The van der Waals surface area contributed by atoms with E-state index in [4.69, 9.17) is 0 Å². The molecule has 0 aromatic heterocycles. The van der Waals surface area contributed by atoms with Crippen LogP contribution in [0.4, 0.5) is 0 Å². The number of aromatic hydroxyl groups is 1. The molecule has 7 heteroatoms. The molecule has 3 aromatic carbocycles. The molecule has 0 bridgehead atoms. The predicted octanol–water partition coefficient (Wildman–Crippen LogP) is 4.51. The maximum absolute atomic E-state index is 13.6. The van der Waals surface area contributed by atoms with Gasteiger partial charge in [-0.05, 0) is 99.2 Å². The maximum atomic E-state index is 13.6. The molecule has 1 N–H and O–H groups in total. The lowest BCUT2D eigenvalue weighted by Gasteiger charge is -2.22. The molecule has 2 aliphatic rings. The third kappa shape index (κ3) is 6.53. The molecule has 3 aromatic rings. The second kappa shape index (κ2) is 12.6. The van der Waals surface area contributed by atoms with Gasteiger partial charge < -0.3 is 19.8 Å². The summed E-state index contributed by atoms with van der Waals surface area (Å²) in [5.41, 5.74) is 5.90. The molecule has 2 aliphatic heterocycles. The van der Waals surface area contributed by atoms with Gasteiger partial charge in [-0.2, -0.15) is 5.26 Å². The Labute approximate surface area is 237 Å². The van der Waals surface area contributed by atoms with Crippen molar-refractivity contribution in [1.29, 1.82) is 5.26 Å². The molecule has 0 saturated carbocycles. The Balaban J connectivity index is 1.49. The van der Waals surface area contributed by atoms with Crippen LogP contribution in [0.1, 0.15) is 34.3 Å². The second-order valence-electron chi connectivity index (χ2n) is 11.2. The number of carbonyl (C=O) groups excluding carboxylic acids is 1. The number of benzene rings is 3. The van der Waals surface area contributed by atoms with E-state index in [0.717, 1.165) is 93.0 Å². The Morgan fingerprint density at radius 2 is 1.48 bits per heavy atom. The van der Waals surface area contributed by atoms with Crippen LogP contribution in [0.3, 0.4) is 0 Å². The lowest BCUT2D eigenvalue weighted by Crippen LogP contribution is -2.34. The number of rotatable bonds is 5. The summed E-state index contributed by atoms with van der Waals surface area (Å²) in [6, 6.07) is 21.5. The van der Waals surface area contributed by atoms with E-state index in [0.29, 0.717) is 17.7 Å². The molecule has 5 rings (SSSR count). The van der Waals surface area contributed by atoms with E-state index < -0.39 is 0 Å². The van der Waals surface area contributed by atoms with Crippen molar-refractivity contribution in [1.82, 2.24) is 19.6 Å². The highest BCUT2D eigenvalue weighted by atomic mass is 16.3. The maximum Gasteiger partial charge on any atom is 0.253 e. The number of carbonyl (C=O) groups is 1. The first-order valence-electron chi connectivity index (χ1n) is 14.3. The molecular weight excluding hydrogens is 498 g/mol. The Kier molecular flexibility index (Phi) is 8.81. The summed E-state index contributed by atoms with van der Waals surface area (Å²) in [6.45, 7) is 8.38. The third-order valence-corrected chi connectivity index (χ3v) is 8.16. The Morgan fingerprint density at radius 3 is 2.23 bits per heavy atom. The van der Waals surface area contributed by atoms with Crippen LogP contribution in [-0.2, 0) is 6.54 Å². The zero-order valence-corrected chi connectivity index (χ0v) is 23.6. The number of phenols is 1. The van der Waals surface area contributed by atoms with Crippen LogP contribution in [0, 0.1) is 11.3 Å². The van der Waals surface area contributed by atoms with Crippen molar-refractivity contribution in [2.45, 2.75) is 19.4 Å². The van der Waals surface area contributed by atoms with Gasteiger partial charge in [0.1, 0.15) is 5.75 Å². The summed E-state index contributed by atoms with van der Waals surface area (Å²) in [4.78, 5) is 22.6. The number of amides is 1. The van der Waals surface area contributed by atoms with Gasteiger partial charge in [-0.15, -0.1) is 0 Å². The summed E-state index contributed by atoms with van der Waals surface area (Å²) >= 11 is 0. The van der Waals surface area contributed by atoms with Gasteiger partial charge in [-0.25, -0.2) is 0 Å². The first kappa shape index (κ1) is 27.9. The van der Waals surface area contributed by atoms with E-state index in [2.05, 4.69) is 40.9 Å². The largest absolute Gasteiger partial charge is 0.508 e. The van der Waals surface area contributed by atoms with Gasteiger partial charge in [-0.1, -0.05) is 30.3 Å². The number of nitrogens with zero attached hydrogens (tertiary/aromatic N) is 5. The minimum atomic E-state index is 0.0285. The molecule has 0 atom stereocenters. The number of phenolic OH excluding ortho intramolecular Hbond substituents is 1. The average Bonchev–Trinajstić information content (AvgIpc) is 3.32. The summed E-state index contributed by atoms with van der Waals surface area (Å²) in [5, 5.41) is 20.1. The molecule has 0 radical (unpaired) electrons. The Hall–Kier alpha value is -3.70. The molecule has 2 saturated heterocycles. The smallest absolute Gasteiger partial charge is 0.253 e. The van der Waals surface area contributed by atoms with E-state index in [1.54, 1.807) is 12.1 Å². The van der Waals surface area contributed by atoms with Gasteiger partial charge in [-0.3, -0.25) is 9.69 Å². The van der Waals surface area contributed by atoms with Crippen molar-refractivity contribution >= 4 is 5.91 Å². The van der Waals surface area contributed by atoms with Gasteiger partial charge in [0.25, 0.3) is 5.91 Å². The van der Waals surface area contributed by atoms with E-state index in [-0.39, 0.29) is 11.7 Å². The van der Waals surface area contributed by atoms with Crippen molar-refractivity contribution < 1.29 is 9.90 Å². The van der Waals surface area contributed by atoms with Crippen molar-refractivity contribution in [3.63, 3.8) is 0 Å². The minimum Gasteiger partial charge on any atom is -0.508 e. The fourth-order valence-corrected chi connectivity index (χ4v) is 5.76. The van der Waals surface area contributed by atoms with Crippen LogP contribution >= 0.6 is 0 Å². The van der Waals surface area contributed by atoms with E-state index in [1.807, 2.05) is 47.4 Å². The zero-order valence-electron chi connectivity index (χ0n) is 23.6. The van der Waals surface area contributed by atoms with E-state index in [1.165, 1.54) is 0 Å². The fraction of sp³-hybridized carbons (Fsp3) is 0.394. The molecular formula is C33H39N5O2. The third-order valence-electron chi connectivity index (χ3n) is 8.16. The molecule has 2 heterocycles. The van der Waals surface area contributed by atoms with Gasteiger partial charge in [0, 0.05) is 50.4 Å². The molecule has 208 valence electrons. The molecule has 0 aliphatic carbocycles. The number of hydrogen-bond donors (Lipinski definition) is 1. The average molecular weight is 538 g/mol. The Bertz CT molecular complexity index is 1380. The molecule has 2 fully saturated rings. The SMILES string of the molecule is CN1CCCN(Cc2ccc(-c3ccc(C(=O)N4CCCN(C)CC4)cc3-c3ccc(O)cc3)c(C#N)c2)CC1. The number of likely N-dealkylation sites (N-methyl/N-ethyl adjacent to an activating group) is 2. The molecule has 7 nitrogen and oxygen atoms in total. The second-order valence-corrected chi connectivity index (χ2v) is 11.2. The van der Waals surface area contributed by atoms with Gasteiger partial charge in [0.15, 0.2) is 0 Å². The van der Waals surface area contributed by atoms with Crippen molar-refractivity contribution in [3.05, 3.63) is 77.4 Å². The summed E-state index contributed by atoms with van der Waals surface area (Å²) < 4.78 is 0. The van der Waals surface area contributed by atoms with Gasteiger partial charge in [0.2, 0.25) is 0 Å². The lowest BCUT2D eigenvalue weighted by atomic mass is 9.89.